The summed E-state index contributed by atoms with van der Waals surface area (Å²) in [5, 5.41) is 8.22. The number of carboxylic acids is 1. The lowest BCUT2D eigenvalue weighted by atomic mass is 9.89. The zero-order valence-electron chi connectivity index (χ0n) is 15.6. The molecule has 160 valence electrons. The Hall–Kier alpha value is -2.59. The van der Waals surface area contributed by atoms with Crippen LogP contribution in [0.15, 0.2) is 21.3 Å². The Bertz CT molecular complexity index is 953. The molecule has 0 saturated heterocycles. The average Bonchev–Trinajstić information content (AvgIpc) is 2.63. The normalized spacial score (nSPS) is 15.1. The minimum absolute atomic E-state index is 0. The summed E-state index contributed by atoms with van der Waals surface area (Å²) in [5.74, 6) is -2.76. The van der Waals surface area contributed by atoms with Crippen LogP contribution >= 0.6 is 0 Å². The van der Waals surface area contributed by atoms with Crippen molar-refractivity contribution in [3.8, 4) is 0 Å². The van der Waals surface area contributed by atoms with Gasteiger partial charge in [0.25, 0.3) is 0 Å². The molecule has 0 saturated carbocycles. The Morgan fingerprint density at radius 3 is 2.41 bits per heavy atom. The van der Waals surface area contributed by atoms with Crippen molar-refractivity contribution < 1.29 is 33.0 Å². The third-order valence-corrected chi connectivity index (χ3v) is 4.97. The SMILES string of the molecule is NCCc1cc(=O)oc2c3c4c(cc12)CCCN4CCC3.O.O=C(O)C(F)(F)F. The number of nitrogens with zero attached hydrogens (tertiary/aromatic N) is 1. The number of hydrogen-bond donors (Lipinski definition) is 2. The van der Waals surface area contributed by atoms with E-state index in [1.807, 2.05) is 0 Å². The van der Waals surface area contributed by atoms with Gasteiger partial charge in [-0.2, -0.15) is 13.2 Å². The van der Waals surface area contributed by atoms with E-state index in [2.05, 4.69) is 11.0 Å². The molecule has 3 heterocycles. The fourth-order valence-electron chi connectivity index (χ4n) is 3.90. The number of aliphatic carboxylic acids is 1. The second-order valence-electron chi connectivity index (χ2n) is 6.87. The molecule has 29 heavy (non-hydrogen) atoms. The maximum absolute atomic E-state index is 11.9. The van der Waals surface area contributed by atoms with Crippen LogP contribution in [0.25, 0.3) is 11.0 Å². The zero-order chi connectivity index (χ0) is 20.5. The number of alkyl halides is 3. The van der Waals surface area contributed by atoms with Crippen molar-refractivity contribution >= 4 is 22.6 Å². The lowest BCUT2D eigenvalue weighted by Crippen LogP contribution is -2.34. The van der Waals surface area contributed by atoms with Crippen LogP contribution in [-0.4, -0.2) is 42.4 Å². The topological polar surface area (TPSA) is 128 Å². The molecule has 2 aliphatic heterocycles. The lowest BCUT2D eigenvalue weighted by molar-refractivity contribution is -0.192. The maximum atomic E-state index is 11.9. The molecule has 1 aromatic heterocycles. The van der Waals surface area contributed by atoms with Gasteiger partial charge in [0.15, 0.2) is 0 Å². The van der Waals surface area contributed by atoms with Crippen molar-refractivity contribution in [1.29, 1.82) is 0 Å². The molecule has 0 amide bonds. The van der Waals surface area contributed by atoms with Crippen LogP contribution in [0.3, 0.4) is 0 Å². The first-order valence-electron chi connectivity index (χ1n) is 9.09. The number of anilines is 1. The highest BCUT2D eigenvalue weighted by Crippen LogP contribution is 2.40. The number of hydrogen-bond acceptors (Lipinski definition) is 5. The second kappa shape index (κ2) is 8.83. The maximum Gasteiger partial charge on any atom is 0.490 e. The van der Waals surface area contributed by atoms with Crippen molar-refractivity contribution in [1.82, 2.24) is 0 Å². The van der Waals surface area contributed by atoms with Gasteiger partial charge in [-0.05, 0) is 55.8 Å². The standard InChI is InChI=1S/C17H20N2O2.C2HF3O2.H2O/c18-6-5-11-10-15(20)21-17-13-4-2-8-19-7-1-3-12(16(13)19)9-14(11)17;3-2(4,5)1(6)7;/h9-10H,1-8,18H2;(H,6,7);1H2. The predicted molar refractivity (Wildman–Crippen MR) is 101 cm³/mol. The van der Waals surface area contributed by atoms with Gasteiger partial charge in [-0.15, -0.1) is 0 Å². The highest BCUT2D eigenvalue weighted by molar-refractivity contribution is 5.90. The van der Waals surface area contributed by atoms with Gasteiger partial charge in [0.1, 0.15) is 5.58 Å². The van der Waals surface area contributed by atoms with Crippen LogP contribution in [0.2, 0.25) is 0 Å². The lowest BCUT2D eigenvalue weighted by Gasteiger charge is -2.37. The minimum Gasteiger partial charge on any atom is -0.475 e. The first-order chi connectivity index (χ1) is 13.2. The Balaban J connectivity index is 0.000000327. The largest absolute Gasteiger partial charge is 0.490 e. The molecule has 0 bridgehead atoms. The Morgan fingerprint density at radius 1 is 1.21 bits per heavy atom. The van der Waals surface area contributed by atoms with Gasteiger partial charge in [-0.3, -0.25) is 0 Å². The quantitative estimate of drug-likeness (QED) is 0.719. The van der Waals surface area contributed by atoms with Gasteiger partial charge in [-0.25, -0.2) is 9.59 Å². The van der Waals surface area contributed by atoms with Crippen molar-refractivity contribution in [3.05, 3.63) is 39.2 Å². The van der Waals surface area contributed by atoms with Gasteiger partial charge < -0.3 is 25.6 Å². The number of fused-ring (bicyclic) bond motifs is 2. The van der Waals surface area contributed by atoms with E-state index >= 15 is 0 Å². The number of carbonyl (C=O) groups is 1. The number of rotatable bonds is 2. The molecule has 0 spiro atoms. The first-order valence-corrected chi connectivity index (χ1v) is 9.09. The summed E-state index contributed by atoms with van der Waals surface area (Å²) in [4.78, 5) is 23.3. The molecule has 2 aromatic rings. The van der Waals surface area contributed by atoms with E-state index in [9.17, 15) is 18.0 Å². The van der Waals surface area contributed by atoms with E-state index in [0.29, 0.717) is 6.54 Å². The molecule has 1 aromatic carbocycles. The van der Waals surface area contributed by atoms with E-state index in [4.69, 9.17) is 20.1 Å². The number of aryl methyl sites for hydroxylation is 2. The van der Waals surface area contributed by atoms with Crippen LogP contribution in [0.5, 0.6) is 0 Å². The van der Waals surface area contributed by atoms with Crippen LogP contribution in [-0.2, 0) is 24.1 Å². The molecular weight excluding hydrogens is 393 g/mol. The minimum atomic E-state index is -5.08. The molecule has 0 fully saturated rings. The van der Waals surface area contributed by atoms with Gasteiger partial charge in [-0.1, -0.05) is 0 Å². The Morgan fingerprint density at radius 2 is 1.83 bits per heavy atom. The van der Waals surface area contributed by atoms with E-state index in [1.165, 1.54) is 23.2 Å². The van der Waals surface area contributed by atoms with E-state index < -0.39 is 12.1 Å². The Labute approximate surface area is 164 Å². The van der Waals surface area contributed by atoms with Crippen molar-refractivity contribution in [2.45, 2.75) is 38.3 Å². The Kier molecular flexibility index (Phi) is 6.91. The smallest absolute Gasteiger partial charge is 0.475 e. The average molecular weight is 416 g/mol. The van der Waals surface area contributed by atoms with Crippen molar-refractivity contribution in [3.63, 3.8) is 0 Å². The fourth-order valence-corrected chi connectivity index (χ4v) is 3.90. The first kappa shape index (κ1) is 22.7. The molecule has 5 N–H and O–H groups in total. The summed E-state index contributed by atoms with van der Waals surface area (Å²) in [6.45, 7) is 2.80. The third kappa shape index (κ3) is 4.70. The highest BCUT2D eigenvalue weighted by Gasteiger charge is 2.38. The van der Waals surface area contributed by atoms with Crippen LogP contribution < -0.4 is 16.3 Å². The van der Waals surface area contributed by atoms with Gasteiger partial charge in [0.05, 0.1) is 0 Å². The summed E-state index contributed by atoms with van der Waals surface area (Å²) in [5.41, 5.74) is 11.3. The zero-order valence-corrected chi connectivity index (χ0v) is 15.6. The van der Waals surface area contributed by atoms with Crippen LogP contribution in [0, 0.1) is 0 Å². The molecule has 7 nitrogen and oxygen atoms in total. The van der Waals surface area contributed by atoms with E-state index in [0.717, 1.165) is 55.3 Å². The number of halogens is 3. The van der Waals surface area contributed by atoms with Gasteiger partial charge in [0, 0.05) is 35.8 Å². The molecule has 0 radical (unpaired) electrons. The number of carboxylic acid groups (broad SMARTS) is 1. The molecule has 2 aliphatic rings. The predicted octanol–water partition coefficient (Wildman–Crippen LogP) is 1.80. The van der Waals surface area contributed by atoms with E-state index in [1.54, 1.807) is 6.07 Å². The fraction of sp³-hybridized carbons (Fsp3) is 0.474. The molecule has 0 aliphatic carbocycles. The van der Waals surface area contributed by atoms with E-state index in [-0.39, 0.29) is 11.1 Å². The van der Waals surface area contributed by atoms with Crippen LogP contribution in [0.1, 0.15) is 29.5 Å². The van der Waals surface area contributed by atoms with Crippen LogP contribution in [0.4, 0.5) is 18.9 Å². The monoisotopic (exact) mass is 416 g/mol. The van der Waals surface area contributed by atoms with Gasteiger partial charge in [0.2, 0.25) is 0 Å². The molecule has 0 unspecified atom stereocenters. The summed E-state index contributed by atoms with van der Waals surface area (Å²) in [6, 6.07) is 3.84. The summed E-state index contributed by atoms with van der Waals surface area (Å²) < 4.78 is 37.3. The molecular formula is C19H23F3N2O5. The molecule has 0 atom stereocenters. The summed E-state index contributed by atoms with van der Waals surface area (Å²) in [6.07, 6.45) is 0.114. The molecule has 10 heteroatoms. The summed E-state index contributed by atoms with van der Waals surface area (Å²) in [7, 11) is 0. The van der Waals surface area contributed by atoms with Crippen molar-refractivity contribution in [2.75, 3.05) is 24.5 Å². The number of benzene rings is 1. The molecule has 4 rings (SSSR count). The third-order valence-electron chi connectivity index (χ3n) is 4.97. The number of nitrogens with two attached hydrogens (primary N) is 1. The van der Waals surface area contributed by atoms with Gasteiger partial charge >= 0.3 is 17.8 Å². The summed E-state index contributed by atoms with van der Waals surface area (Å²) >= 11 is 0. The highest BCUT2D eigenvalue weighted by atomic mass is 19.4. The second-order valence-corrected chi connectivity index (χ2v) is 6.87. The van der Waals surface area contributed by atoms with Crippen molar-refractivity contribution in [2.24, 2.45) is 5.73 Å².